The van der Waals surface area contributed by atoms with Crippen LogP contribution in [0, 0.1) is 0 Å². The van der Waals surface area contributed by atoms with Gasteiger partial charge in [0.05, 0.1) is 0 Å². The topological polar surface area (TPSA) is 42.4 Å². The van der Waals surface area contributed by atoms with Crippen LogP contribution in [0.1, 0.15) is 6.92 Å². The molecule has 1 aromatic heterocycles. The average molecular weight is 194 g/mol. The summed E-state index contributed by atoms with van der Waals surface area (Å²) in [4.78, 5) is 17.0. The highest BCUT2D eigenvalue weighted by atomic mass is 16.5. The van der Waals surface area contributed by atoms with Crippen LogP contribution in [0.15, 0.2) is 24.4 Å². The zero-order valence-electron chi connectivity index (χ0n) is 8.43. The molecule has 0 atom stereocenters. The molecule has 0 fully saturated rings. The van der Waals surface area contributed by atoms with Crippen LogP contribution in [-0.2, 0) is 9.53 Å². The monoisotopic (exact) mass is 194 g/mol. The van der Waals surface area contributed by atoms with Crippen molar-refractivity contribution in [2.45, 2.75) is 6.92 Å². The first-order valence-electron chi connectivity index (χ1n) is 4.51. The van der Waals surface area contributed by atoms with E-state index in [1.165, 1.54) is 4.90 Å². The Bertz CT molecular complexity index is 287. The summed E-state index contributed by atoms with van der Waals surface area (Å²) in [6.07, 6.45) is 1.65. The fraction of sp³-hybridized carbons (Fsp3) is 0.400. The normalized spacial score (nSPS) is 9.86. The fourth-order valence-corrected chi connectivity index (χ4v) is 0.966. The van der Waals surface area contributed by atoms with Crippen molar-refractivity contribution in [3.05, 3.63) is 24.4 Å². The number of anilines is 1. The van der Waals surface area contributed by atoms with Crippen LogP contribution in [0.5, 0.6) is 0 Å². The summed E-state index contributed by atoms with van der Waals surface area (Å²) in [5.41, 5.74) is 0. The van der Waals surface area contributed by atoms with Crippen molar-refractivity contribution >= 4 is 11.7 Å². The lowest BCUT2D eigenvalue weighted by atomic mass is 10.4. The van der Waals surface area contributed by atoms with Gasteiger partial charge >= 0.3 is 0 Å². The zero-order chi connectivity index (χ0) is 10.4. The molecule has 0 unspecified atom stereocenters. The van der Waals surface area contributed by atoms with Gasteiger partial charge in [0.1, 0.15) is 12.4 Å². The lowest BCUT2D eigenvalue weighted by Crippen LogP contribution is -2.30. The summed E-state index contributed by atoms with van der Waals surface area (Å²) in [6, 6.07) is 5.43. The second-order valence-corrected chi connectivity index (χ2v) is 2.78. The summed E-state index contributed by atoms with van der Waals surface area (Å²) >= 11 is 0. The first-order chi connectivity index (χ1) is 6.75. The molecule has 1 heterocycles. The maximum absolute atomic E-state index is 11.5. The van der Waals surface area contributed by atoms with Crippen LogP contribution in [0.25, 0.3) is 0 Å². The van der Waals surface area contributed by atoms with Gasteiger partial charge in [-0.2, -0.15) is 0 Å². The van der Waals surface area contributed by atoms with Gasteiger partial charge in [0.25, 0.3) is 5.91 Å². The molecule has 76 valence electrons. The van der Waals surface area contributed by atoms with Crippen LogP contribution in [-0.4, -0.2) is 31.2 Å². The van der Waals surface area contributed by atoms with Crippen molar-refractivity contribution in [3.8, 4) is 0 Å². The number of ether oxygens (including phenoxy) is 1. The van der Waals surface area contributed by atoms with E-state index in [9.17, 15) is 4.79 Å². The maximum Gasteiger partial charge on any atom is 0.253 e. The third-order valence-corrected chi connectivity index (χ3v) is 1.80. The summed E-state index contributed by atoms with van der Waals surface area (Å²) in [6.45, 7) is 2.50. The number of hydrogen-bond donors (Lipinski definition) is 0. The van der Waals surface area contributed by atoms with Gasteiger partial charge in [-0.1, -0.05) is 6.07 Å². The Morgan fingerprint density at radius 3 is 2.93 bits per heavy atom. The summed E-state index contributed by atoms with van der Waals surface area (Å²) in [7, 11) is 1.68. The van der Waals surface area contributed by atoms with Crippen molar-refractivity contribution in [1.29, 1.82) is 0 Å². The van der Waals surface area contributed by atoms with E-state index in [4.69, 9.17) is 4.74 Å². The molecule has 1 amide bonds. The van der Waals surface area contributed by atoms with Crippen molar-refractivity contribution in [2.75, 3.05) is 25.2 Å². The SMILES string of the molecule is CCOCC(=O)N(C)c1ccccn1. The Hall–Kier alpha value is -1.42. The number of nitrogens with zero attached hydrogens (tertiary/aromatic N) is 2. The molecule has 0 N–H and O–H groups in total. The average Bonchev–Trinajstić information content (AvgIpc) is 2.26. The maximum atomic E-state index is 11.5. The number of carbonyl (C=O) groups excluding carboxylic acids is 1. The van der Waals surface area contributed by atoms with Crippen molar-refractivity contribution in [3.63, 3.8) is 0 Å². The number of carbonyl (C=O) groups is 1. The third-order valence-electron chi connectivity index (χ3n) is 1.80. The molecule has 0 aromatic carbocycles. The second kappa shape index (κ2) is 5.34. The van der Waals surface area contributed by atoms with Gasteiger partial charge in [-0.3, -0.25) is 9.69 Å². The quantitative estimate of drug-likeness (QED) is 0.720. The standard InChI is InChI=1S/C10H14N2O2/c1-3-14-8-10(13)12(2)9-6-4-5-7-11-9/h4-7H,3,8H2,1-2H3. The van der Waals surface area contributed by atoms with Gasteiger partial charge in [-0.15, -0.1) is 0 Å². The lowest BCUT2D eigenvalue weighted by Gasteiger charge is -2.15. The summed E-state index contributed by atoms with van der Waals surface area (Å²) in [5.74, 6) is 0.544. The fourth-order valence-electron chi connectivity index (χ4n) is 0.966. The molecule has 0 spiro atoms. The molecule has 1 rings (SSSR count). The van der Waals surface area contributed by atoms with Gasteiger partial charge in [0, 0.05) is 19.9 Å². The van der Waals surface area contributed by atoms with E-state index in [1.807, 2.05) is 19.1 Å². The number of rotatable bonds is 4. The number of amides is 1. The molecule has 0 aliphatic carbocycles. The predicted octanol–water partition coefficient (Wildman–Crippen LogP) is 1.08. The van der Waals surface area contributed by atoms with Crippen LogP contribution in [0.2, 0.25) is 0 Å². The molecule has 4 heteroatoms. The highest BCUT2D eigenvalue weighted by molar-refractivity contribution is 5.92. The molecule has 0 aliphatic heterocycles. The Morgan fingerprint density at radius 2 is 2.36 bits per heavy atom. The largest absolute Gasteiger partial charge is 0.372 e. The molecule has 4 nitrogen and oxygen atoms in total. The number of aromatic nitrogens is 1. The molecular formula is C10H14N2O2. The minimum Gasteiger partial charge on any atom is -0.372 e. The Morgan fingerprint density at radius 1 is 1.57 bits per heavy atom. The highest BCUT2D eigenvalue weighted by Gasteiger charge is 2.10. The van der Waals surface area contributed by atoms with E-state index < -0.39 is 0 Å². The molecule has 0 aliphatic rings. The molecule has 1 aromatic rings. The van der Waals surface area contributed by atoms with E-state index in [-0.39, 0.29) is 12.5 Å². The smallest absolute Gasteiger partial charge is 0.253 e. The van der Waals surface area contributed by atoms with Crippen LogP contribution >= 0.6 is 0 Å². The van der Waals surface area contributed by atoms with E-state index in [0.717, 1.165) is 0 Å². The van der Waals surface area contributed by atoms with Gasteiger partial charge in [0.15, 0.2) is 0 Å². The number of likely N-dealkylation sites (N-methyl/N-ethyl adjacent to an activating group) is 1. The van der Waals surface area contributed by atoms with Crippen molar-refractivity contribution in [1.82, 2.24) is 4.98 Å². The van der Waals surface area contributed by atoms with E-state index in [1.54, 1.807) is 19.3 Å². The van der Waals surface area contributed by atoms with Gasteiger partial charge in [-0.05, 0) is 19.1 Å². The Kier molecular flexibility index (Phi) is 4.07. The molecule has 0 radical (unpaired) electrons. The van der Waals surface area contributed by atoms with Crippen LogP contribution in [0.3, 0.4) is 0 Å². The van der Waals surface area contributed by atoms with E-state index in [2.05, 4.69) is 4.98 Å². The zero-order valence-corrected chi connectivity index (χ0v) is 8.43. The van der Waals surface area contributed by atoms with Crippen molar-refractivity contribution in [2.24, 2.45) is 0 Å². The summed E-state index contributed by atoms with van der Waals surface area (Å²) < 4.78 is 5.02. The van der Waals surface area contributed by atoms with Crippen LogP contribution in [0.4, 0.5) is 5.82 Å². The van der Waals surface area contributed by atoms with Gasteiger partial charge in [-0.25, -0.2) is 4.98 Å². The predicted molar refractivity (Wildman–Crippen MR) is 54.1 cm³/mol. The molecule has 0 saturated carbocycles. The molecule has 14 heavy (non-hydrogen) atoms. The summed E-state index contributed by atoms with van der Waals surface area (Å²) in [5, 5.41) is 0. The van der Waals surface area contributed by atoms with Crippen LogP contribution < -0.4 is 4.90 Å². The van der Waals surface area contributed by atoms with E-state index in [0.29, 0.717) is 12.4 Å². The van der Waals surface area contributed by atoms with Gasteiger partial charge < -0.3 is 4.74 Å². The number of hydrogen-bond acceptors (Lipinski definition) is 3. The first-order valence-corrected chi connectivity index (χ1v) is 4.51. The Labute approximate surface area is 83.5 Å². The number of pyridine rings is 1. The minimum absolute atomic E-state index is 0.0921. The highest BCUT2D eigenvalue weighted by Crippen LogP contribution is 2.06. The van der Waals surface area contributed by atoms with Gasteiger partial charge in [0.2, 0.25) is 0 Å². The second-order valence-electron chi connectivity index (χ2n) is 2.78. The lowest BCUT2D eigenvalue weighted by molar-refractivity contribution is -0.122. The van der Waals surface area contributed by atoms with E-state index >= 15 is 0 Å². The first kappa shape index (κ1) is 10.7. The molecule has 0 saturated heterocycles. The van der Waals surface area contributed by atoms with Crippen molar-refractivity contribution < 1.29 is 9.53 Å². The molecular weight excluding hydrogens is 180 g/mol. The minimum atomic E-state index is -0.0921. The molecule has 0 bridgehead atoms. The third kappa shape index (κ3) is 2.81. The Balaban J connectivity index is 2.57.